The van der Waals surface area contributed by atoms with Gasteiger partial charge in [0, 0.05) is 23.8 Å². The van der Waals surface area contributed by atoms with Crippen LogP contribution in [0.15, 0.2) is 36.0 Å². The second-order valence-electron chi connectivity index (χ2n) is 4.55. The second-order valence-corrected chi connectivity index (χ2v) is 4.55. The number of likely N-dealkylation sites (N-methyl/N-ethyl adjacent to an activating group) is 1. The highest BCUT2D eigenvalue weighted by atomic mass is 16.1. The second kappa shape index (κ2) is 4.36. The Hall–Kier alpha value is -1.57. The number of carbonyl (C=O) groups is 1. The predicted molar refractivity (Wildman–Crippen MR) is 71.3 cm³/mol. The highest BCUT2D eigenvalue weighted by Gasteiger charge is 2.42. The molecule has 0 saturated carbocycles. The number of fused-ring (bicyclic) bond motifs is 1. The fraction of sp³-hybridized carbons (Fsp3) is 0.400. The number of anilines is 1. The van der Waals surface area contributed by atoms with Crippen molar-refractivity contribution < 1.29 is 4.79 Å². The summed E-state index contributed by atoms with van der Waals surface area (Å²) in [5.74, 6) is 0. The zero-order chi connectivity index (χ0) is 12.5. The Balaban J connectivity index is 2.69. The van der Waals surface area contributed by atoms with Crippen molar-refractivity contribution >= 4 is 12.0 Å². The zero-order valence-corrected chi connectivity index (χ0v) is 10.7. The zero-order valence-electron chi connectivity index (χ0n) is 10.7. The molecule has 0 aromatic heterocycles. The quantitative estimate of drug-likeness (QED) is 0.585. The molecule has 0 radical (unpaired) electrons. The topological polar surface area (TPSA) is 20.3 Å². The Bertz CT molecular complexity index is 458. The summed E-state index contributed by atoms with van der Waals surface area (Å²) in [6, 6.07) is 8.44. The number of carbonyl (C=O) groups excluding carboxylic acids is 1. The molecule has 0 unspecified atom stereocenters. The highest BCUT2D eigenvalue weighted by Crippen LogP contribution is 2.50. The van der Waals surface area contributed by atoms with E-state index in [4.69, 9.17) is 0 Å². The molecule has 0 spiro atoms. The molecule has 0 saturated heterocycles. The van der Waals surface area contributed by atoms with Crippen LogP contribution in [0.3, 0.4) is 0 Å². The van der Waals surface area contributed by atoms with Gasteiger partial charge in [-0.25, -0.2) is 0 Å². The van der Waals surface area contributed by atoms with Crippen LogP contribution in [0.1, 0.15) is 32.3 Å². The van der Waals surface area contributed by atoms with Gasteiger partial charge in [-0.3, -0.25) is 4.79 Å². The molecule has 1 aromatic rings. The highest BCUT2D eigenvalue weighted by molar-refractivity contribution is 5.77. The first kappa shape index (κ1) is 11.9. The van der Waals surface area contributed by atoms with E-state index in [1.54, 1.807) is 6.08 Å². The molecule has 0 atom stereocenters. The summed E-state index contributed by atoms with van der Waals surface area (Å²) in [5, 5.41) is 0. The number of nitrogens with zero attached hydrogens (tertiary/aromatic N) is 1. The van der Waals surface area contributed by atoms with E-state index in [-0.39, 0.29) is 5.41 Å². The van der Waals surface area contributed by atoms with E-state index in [0.717, 1.165) is 24.8 Å². The van der Waals surface area contributed by atoms with Gasteiger partial charge in [-0.05, 0) is 30.5 Å². The van der Waals surface area contributed by atoms with Crippen molar-refractivity contribution in [2.24, 2.45) is 0 Å². The van der Waals surface area contributed by atoms with Crippen LogP contribution >= 0.6 is 0 Å². The molecule has 17 heavy (non-hydrogen) atoms. The van der Waals surface area contributed by atoms with Crippen LogP contribution in [0.5, 0.6) is 0 Å². The molecular weight excluding hydrogens is 210 g/mol. The number of aldehydes is 1. The van der Waals surface area contributed by atoms with E-state index >= 15 is 0 Å². The average Bonchev–Trinajstić information content (AvgIpc) is 2.61. The van der Waals surface area contributed by atoms with Gasteiger partial charge in [0.2, 0.25) is 0 Å². The molecule has 1 heterocycles. The molecule has 1 aliphatic heterocycles. The van der Waals surface area contributed by atoms with Crippen molar-refractivity contribution in [3.05, 3.63) is 41.6 Å². The van der Waals surface area contributed by atoms with Crippen LogP contribution in [0.2, 0.25) is 0 Å². The first-order chi connectivity index (χ1) is 8.21. The number of rotatable bonds is 3. The van der Waals surface area contributed by atoms with Crippen molar-refractivity contribution in [2.75, 3.05) is 11.9 Å². The molecule has 0 N–H and O–H groups in total. The third-order valence-corrected chi connectivity index (χ3v) is 4.07. The van der Waals surface area contributed by atoms with Crippen LogP contribution in [-0.4, -0.2) is 13.3 Å². The predicted octanol–water partition coefficient (Wildman–Crippen LogP) is 3.28. The van der Waals surface area contributed by atoms with Crippen molar-refractivity contribution in [2.45, 2.75) is 32.1 Å². The van der Waals surface area contributed by atoms with Crippen LogP contribution in [0, 0.1) is 0 Å². The number of benzene rings is 1. The van der Waals surface area contributed by atoms with E-state index in [2.05, 4.69) is 43.0 Å². The summed E-state index contributed by atoms with van der Waals surface area (Å²) in [7, 11) is 2.04. The fourth-order valence-corrected chi connectivity index (χ4v) is 3.09. The lowest BCUT2D eigenvalue weighted by Crippen LogP contribution is -2.28. The minimum absolute atomic E-state index is 0.00620. The van der Waals surface area contributed by atoms with Gasteiger partial charge in [0.05, 0.1) is 0 Å². The maximum absolute atomic E-state index is 10.9. The van der Waals surface area contributed by atoms with E-state index in [9.17, 15) is 4.79 Å². The van der Waals surface area contributed by atoms with Gasteiger partial charge in [0.15, 0.2) is 0 Å². The van der Waals surface area contributed by atoms with Crippen molar-refractivity contribution in [1.82, 2.24) is 0 Å². The number of hydrogen-bond donors (Lipinski definition) is 0. The lowest BCUT2D eigenvalue weighted by Gasteiger charge is -2.30. The third-order valence-electron chi connectivity index (χ3n) is 4.07. The first-order valence-electron chi connectivity index (χ1n) is 6.20. The summed E-state index contributed by atoms with van der Waals surface area (Å²) in [6.45, 7) is 4.39. The Morgan fingerprint density at radius 3 is 2.47 bits per heavy atom. The molecule has 2 nitrogen and oxygen atoms in total. The smallest absolute Gasteiger partial charge is 0.144 e. The van der Waals surface area contributed by atoms with Gasteiger partial charge in [0.1, 0.15) is 6.29 Å². The number of para-hydroxylation sites is 1. The Morgan fingerprint density at radius 1 is 1.24 bits per heavy atom. The normalized spacial score (nSPS) is 19.5. The van der Waals surface area contributed by atoms with Crippen molar-refractivity contribution in [3.8, 4) is 0 Å². The maximum atomic E-state index is 10.9. The van der Waals surface area contributed by atoms with Gasteiger partial charge in [-0.15, -0.1) is 0 Å². The van der Waals surface area contributed by atoms with Gasteiger partial charge >= 0.3 is 0 Å². The molecule has 1 aromatic carbocycles. The van der Waals surface area contributed by atoms with Gasteiger partial charge < -0.3 is 4.90 Å². The summed E-state index contributed by atoms with van der Waals surface area (Å²) >= 11 is 0. The first-order valence-corrected chi connectivity index (χ1v) is 6.20. The standard InChI is InChI=1S/C15H19NO/c1-4-15(5-2)12-8-6-7-9-13(12)16(3)14(15)10-11-17/h6-11H,4-5H2,1-3H3. The number of allylic oxidation sites excluding steroid dienone is 2. The van der Waals surface area contributed by atoms with Gasteiger partial charge in [-0.1, -0.05) is 32.0 Å². The molecular formula is C15H19NO. The minimum atomic E-state index is 0.00620. The molecule has 0 fully saturated rings. The minimum Gasteiger partial charge on any atom is -0.347 e. The van der Waals surface area contributed by atoms with Crippen LogP contribution < -0.4 is 4.90 Å². The Morgan fingerprint density at radius 2 is 1.88 bits per heavy atom. The molecule has 90 valence electrons. The molecule has 0 amide bonds. The van der Waals surface area contributed by atoms with Crippen molar-refractivity contribution in [1.29, 1.82) is 0 Å². The van der Waals surface area contributed by atoms with E-state index in [1.165, 1.54) is 11.3 Å². The molecule has 1 aliphatic rings. The molecule has 2 rings (SSSR count). The van der Waals surface area contributed by atoms with Gasteiger partial charge in [-0.2, -0.15) is 0 Å². The lowest BCUT2D eigenvalue weighted by atomic mass is 9.75. The average molecular weight is 229 g/mol. The maximum Gasteiger partial charge on any atom is 0.144 e. The SMILES string of the molecule is CCC1(CC)C(=CC=O)N(C)c2ccccc21. The monoisotopic (exact) mass is 229 g/mol. The van der Waals surface area contributed by atoms with Crippen LogP contribution in [0.25, 0.3) is 0 Å². The third kappa shape index (κ3) is 1.51. The largest absolute Gasteiger partial charge is 0.347 e. The fourth-order valence-electron chi connectivity index (χ4n) is 3.09. The van der Waals surface area contributed by atoms with E-state index in [0.29, 0.717) is 0 Å². The summed E-state index contributed by atoms with van der Waals surface area (Å²) in [4.78, 5) is 13.0. The Kier molecular flexibility index (Phi) is 3.05. The van der Waals surface area contributed by atoms with Crippen LogP contribution in [0.4, 0.5) is 5.69 Å². The summed E-state index contributed by atoms with van der Waals surface area (Å²) in [6.07, 6.45) is 4.65. The van der Waals surface area contributed by atoms with Gasteiger partial charge in [0.25, 0.3) is 0 Å². The molecule has 2 heteroatoms. The van der Waals surface area contributed by atoms with Crippen molar-refractivity contribution in [3.63, 3.8) is 0 Å². The summed E-state index contributed by atoms with van der Waals surface area (Å²) in [5.41, 5.74) is 3.70. The van der Waals surface area contributed by atoms with Crippen LogP contribution in [-0.2, 0) is 10.2 Å². The van der Waals surface area contributed by atoms with E-state index in [1.807, 2.05) is 7.05 Å². The lowest BCUT2D eigenvalue weighted by molar-refractivity contribution is -0.104. The number of hydrogen-bond acceptors (Lipinski definition) is 2. The van der Waals surface area contributed by atoms with E-state index < -0.39 is 0 Å². The molecule has 0 bridgehead atoms. The molecule has 0 aliphatic carbocycles. The summed E-state index contributed by atoms with van der Waals surface area (Å²) < 4.78 is 0. The Labute approximate surface area is 103 Å².